The highest BCUT2D eigenvalue weighted by molar-refractivity contribution is 5.76. The lowest BCUT2D eigenvalue weighted by atomic mass is 10.0. The van der Waals surface area contributed by atoms with Crippen LogP contribution in [0.25, 0.3) is 0 Å². The molecule has 0 aliphatic carbocycles. The Labute approximate surface area is 455 Å². The number of nitrogens with one attached hydrogen (secondary N) is 1. The molecule has 0 heterocycles. The predicted molar refractivity (Wildman–Crippen MR) is 319 cm³/mol. The van der Waals surface area contributed by atoms with Gasteiger partial charge in [-0.25, -0.2) is 0 Å². The molecule has 6 heteroatoms. The topological polar surface area (TPSA) is 95.9 Å². The second kappa shape index (κ2) is 62.4. The van der Waals surface area contributed by atoms with Crippen LogP contribution in [0.15, 0.2) is 48.6 Å². The first kappa shape index (κ1) is 70.8. The van der Waals surface area contributed by atoms with Gasteiger partial charge in [0.05, 0.1) is 25.4 Å². The van der Waals surface area contributed by atoms with Crippen LogP contribution in [0.2, 0.25) is 0 Å². The molecule has 0 fully saturated rings. The fourth-order valence-electron chi connectivity index (χ4n) is 9.88. The van der Waals surface area contributed by atoms with E-state index in [1.165, 1.54) is 250 Å². The maximum absolute atomic E-state index is 12.5. The van der Waals surface area contributed by atoms with Crippen LogP contribution in [0.4, 0.5) is 0 Å². The van der Waals surface area contributed by atoms with Gasteiger partial charge >= 0.3 is 5.97 Å². The van der Waals surface area contributed by atoms with E-state index in [0.29, 0.717) is 25.9 Å². The molecule has 6 nitrogen and oxygen atoms in total. The lowest BCUT2D eigenvalue weighted by Gasteiger charge is -2.22. The number of aliphatic hydroxyl groups is 2. The maximum Gasteiger partial charge on any atom is 0.305 e. The summed E-state index contributed by atoms with van der Waals surface area (Å²) in [7, 11) is 0. The average molecular weight is 1020 g/mol. The van der Waals surface area contributed by atoms with Crippen LogP contribution in [-0.2, 0) is 14.3 Å². The van der Waals surface area contributed by atoms with Gasteiger partial charge in [-0.1, -0.05) is 287 Å². The highest BCUT2D eigenvalue weighted by Gasteiger charge is 2.20. The van der Waals surface area contributed by atoms with Gasteiger partial charge in [0, 0.05) is 12.8 Å². The van der Waals surface area contributed by atoms with E-state index in [1.54, 1.807) is 0 Å². The zero-order valence-corrected chi connectivity index (χ0v) is 48.9. The standard InChI is InChI=1S/C67H125NO5/c1-3-5-7-9-11-13-15-17-19-33-37-41-45-49-53-57-61-67(72)73-62-58-54-50-46-42-38-34-30-28-26-24-22-20-21-23-25-27-29-32-36-40-44-48-52-56-60-66(71)68-64(63-69)65(70)59-55-51-47-43-39-35-31-18-16-14-12-10-8-6-4-2/h13,15,19,21-24,33,64-65,69-70H,3-12,14,16-18,20,25-32,34-63H2,1-2H3,(H,68,71)/b15-13-,23-21-,24-22-,33-19-. The molecule has 2 atom stereocenters. The Hall–Kier alpha value is -2.18. The van der Waals surface area contributed by atoms with E-state index in [1.807, 2.05) is 0 Å². The van der Waals surface area contributed by atoms with Crippen molar-refractivity contribution in [3.8, 4) is 0 Å². The minimum Gasteiger partial charge on any atom is -0.466 e. The molecular weight excluding hydrogens is 899 g/mol. The number of hydrogen-bond donors (Lipinski definition) is 3. The Bertz CT molecular complexity index is 1230. The Morgan fingerprint density at radius 2 is 0.685 bits per heavy atom. The number of carbonyl (C=O) groups is 2. The van der Waals surface area contributed by atoms with Crippen LogP contribution in [0.3, 0.4) is 0 Å². The third kappa shape index (κ3) is 58.9. The molecular formula is C67H125NO5. The van der Waals surface area contributed by atoms with E-state index >= 15 is 0 Å². The molecule has 0 aromatic carbocycles. The van der Waals surface area contributed by atoms with Gasteiger partial charge in [0.15, 0.2) is 0 Å². The number of rotatable bonds is 60. The highest BCUT2D eigenvalue weighted by atomic mass is 16.5. The monoisotopic (exact) mass is 1020 g/mol. The largest absolute Gasteiger partial charge is 0.466 e. The predicted octanol–water partition coefficient (Wildman–Crippen LogP) is 20.5. The molecule has 0 spiro atoms. The molecule has 0 aliphatic heterocycles. The van der Waals surface area contributed by atoms with Crippen molar-refractivity contribution in [2.24, 2.45) is 0 Å². The molecule has 0 radical (unpaired) electrons. The molecule has 73 heavy (non-hydrogen) atoms. The number of carbonyl (C=O) groups excluding carboxylic acids is 2. The van der Waals surface area contributed by atoms with Crippen LogP contribution in [0.5, 0.6) is 0 Å². The number of allylic oxidation sites excluding steroid dienone is 8. The summed E-state index contributed by atoms with van der Waals surface area (Å²) >= 11 is 0. The van der Waals surface area contributed by atoms with E-state index < -0.39 is 12.1 Å². The van der Waals surface area contributed by atoms with Crippen molar-refractivity contribution in [1.29, 1.82) is 0 Å². The van der Waals surface area contributed by atoms with Crippen molar-refractivity contribution < 1.29 is 24.5 Å². The van der Waals surface area contributed by atoms with Crippen molar-refractivity contribution in [2.75, 3.05) is 13.2 Å². The molecule has 2 unspecified atom stereocenters. The zero-order valence-electron chi connectivity index (χ0n) is 48.9. The van der Waals surface area contributed by atoms with Gasteiger partial charge < -0.3 is 20.3 Å². The maximum atomic E-state index is 12.5. The number of unbranched alkanes of at least 4 members (excludes halogenated alkanes) is 41. The van der Waals surface area contributed by atoms with Gasteiger partial charge in [-0.3, -0.25) is 9.59 Å². The SMILES string of the molecule is CCCCCC/C=C\C/C=C\CCCCCCCC(=O)OCCCCCCCCCCC/C=C\C/C=C\CCCCCCCCCCCC(=O)NC(CO)C(O)CCCCCCCCCCCCCCCCC. The van der Waals surface area contributed by atoms with Crippen LogP contribution in [0, 0.1) is 0 Å². The molecule has 0 rings (SSSR count). The number of hydrogen-bond acceptors (Lipinski definition) is 5. The smallest absolute Gasteiger partial charge is 0.305 e. The van der Waals surface area contributed by atoms with E-state index in [4.69, 9.17) is 4.74 Å². The van der Waals surface area contributed by atoms with Crippen LogP contribution in [-0.4, -0.2) is 47.4 Å². The zero-order chi connectivity index (χ0) is 52.9. The minimum absolute atomic E-state index is 0.00457. The van der Waals surface area contributed by atoms with E-state index in [9.17, 15) is 19.8 Å². The third-order valence-corrected chi connectivity index (χ3v) is 14.9. The Morgan fingerprint density at radius 3 is 1.05 bits per heavy atom. The van der Waals surface area contributed by atoms with E-state index in [0.717, 1.165) is 57.8 Å². The molecule has 3 N–H and O–H groups in total. The summed E-state index contributed by atoms with van der Waals surface area (Å²) in [4.78, 5) is 24.6. The van der Waals surface area contributed by atoms with Crippen molar-refractivity contribution in [3.63, 3.8) is 0 Å². The molecule has 1 amide bonds. The van der Waals surface area contributed by atoms with E-state index in [-0.39, 0.29) is 18.5 Å². The first-order valence-corrected chi connectivity index (χ1v) is 32.4. The number of amides is 1. The van der Waals surface area contributed by atoms with Crippen LogP contribution in [0.1, 0.15) is 341 Å². The lowest BCUT2D eigenvalue weighted by molar-refractivity contribution is -0.143. The quantitative estimate of drug-likeness (QED) is 0.0320. The second-order valence-corrected chi connectivity index (χ2v) is 22.1. The van der Waals surface area contributed by atoms with Crippen molar-refractivity contribution >= 4 is 11.9 Å². The molecule has 0 saturated heterocycles. The van der Waals surface area contributed by atoms with Crippen molar-refractivity contribution in [3.05, 3.63) is 48.6 Å². The number of ether oxygens (including phenoxy) is 1. The molecule has 0 saturated carbocycles. The average Bonchev–Trinajstić information content (AvgIpc) is 3.39. The van der Waals surface area contributed by atoms with Crippen LogP contribution < -0.4 is 5.32 Å². The van der Waals surface area contributed by atoms with Gasteiger partial charge in [-0.05, 0) is 89.9 Å². The summed E-state index contributed by atoms with van der Waals surface area (Å²) in [5.41, 5.74) is 0. The van der Waals surface area contributed by atoms with Gasteiger partial charge in [-0.2, -0.15) is 0 Å². The molecule has 0 aromatic rings. The number of esters is 1. The molecule has 0 aromatic heterocycles. The molecule has 0 aliphatic rings. The number of aliphatic hydroxyl groups excluding tert-OH is 2. The van der Waals surface area contributed by atoms with Crippen molar-refractivity contribution in [2.45, 2.75) is 353 Å². The Morgan fingerprint density at radius 1 is 0.384 bits per heavy atom. The fraction of sp³-hybridized carbons (Fsp3) is 0.851. The van der Waals surface area contributed by atoms with Gasteiger partial charge in [0.25, 0.3) is 0 Å². The Balaban J connectivity index is 3.44. The minimum atomic E-state index is -0.669. The first-order valence-electron chi connectivity index (χ1n) is 32.4. The van der Waals surface area contributed by atoms with E-state index in [2.05, 4.69) is 67.8 Å². The van der Waals surface area contributed by atoms with Crippen molar-refractivity contribution in [1.82, 2.24) is 5.32 Å². The lowest BCUT2D eigenvalue weighted by Crippen LogP contribution is -2.45. The van der Waals surface area contributed by atoms with Gasteiger partial charge in [0.2, 0.25) is 5.91 Å². The third-order valence-electron chi connectivity index (χ3n) is 14.9. The summed E-state index contributed by atoms with van der Waals surface area (Å²) in [6, 6.07) is -0.547. The summed E-state index contributed by atoms with van der Waals surface area (Å²) in [6.07, 6.45) is 79.8. The Kier molecular flexibility index (Phi) is 60.5. The van der Waals surface area contributed by atoms with Crippen LogP contribution >= 0.6 is 0 Å². The first-order chi connectivity index (χ1) is 36.0. The second-order valence-electron chi connectivity index (χ2n) is 22.1. The highest BCUT2D eigenvalue weighted by Crippen LogP contribution is 2.17. The summed E-state index contributed by atoms with van der Waals surface area (Å²) in [5, 5.41) is 23.3. The summed E-state index contributed by atoms with van der Waals surface area (Å²) < 4.78 is 5.48. The summed E-state index contributed by atoms with van der Waals surface area (Å²) in [6.45, 7) is 4.94. The van der Waals surface area contributed by atoms with Gasteiger partial charge in [-0.15, -0.1) is 0 Å². The molecule has 0 bridgehead atoms. The van der Waals surface area contributed by atoms with Gasteiger partial charge in [0.1, 0.15) is 0 Å². The molecule has 428 valence electrons. The summed E-state index contributed by atoms with van der Waals surface area (Å²) in [5.74, 6) is -0.0447. The normalized spacial score (nSPS) is 12.9. The fourth-order valence-corrected chi connectivity index (χ4v) is 9.88.